The molecule has 1 aliphatic rings. The van der Waals surface area contributed by atoms with Crippen LogP contribution in [0.5, 0.6) is 0 Å². The summed E-state index contributed by atoms with van der Waals surface area (Å²) in [6.07, 6.45) is 5.47. The number of pyridine rings is 1. The number of sulfonamides is 1. The molecule has 1 saturated carbocycles. The Labute approximate surface area is 94.2 Å². The number of rotatable bonds is 3. The number of aromatic nitrogens is 1. The van der Waals surface area contributed by atoms with Crippen molar-refractivity contribution in [3.8, 4) is 0 Å². The van der Waals surface area contributed by atoms with Crippen molar-refractivity contribution in [1.82, 2.24) is 9.29 Å². The molecule has 0 unspecified atom stereocenters. The largest absolute Gasteiger partial charge is 0.366 e. The highest BCUT2D eigenvalue weighted by molar-refractivity contribution is 7.89. The van der Waals surface area contributed by atoms with Crippen LogP contribution in [0, 0.1) is 0 Å². The van der Waals surface area contributed by atoms with Gasteiger partial charge in [0.25, 0.3) is 0 Å². The fraction of sp³-hybridized carbons (Fsp3) is 0.500. The third-order valence-electron chi connectivity index (χ3n) is 3.03. The summed E-state index contributed by atoms with van der Waals surface area (Å²) in [4.78, 5) is 13.9. The van der Waals surface area contributed by atoms with Crippen LogP contribution >= 0.6 is 0 Å². The first kappa shape index (κ1) is 11.3. The maximum Gasteiger partial charge on any atom is 0.248 e. The SMILES string of the molecule is CN(C1CCC1)S(=O)(=O)c1c[nH]ccc1=O. The molecule has 0 bridgehead atoms. The minimum Gasteiger partial charge on any atom is -0.366 e. The lowest BCUT2D eigenvalue weighted by Gasteiger charge is -2.33. The predicted octanol–water partition coefficient (Wildman–Crippen LogP) is 0.548. The van der Waals surface area contributed by atoms with Gasteiger partial charge in [-0.15, -0.1) is 0 Å². The van der Waals surface area contributed by atoms with Crippen molar-refractivity contribution in [2.45, 2.75) is 30.2 Å². The molecule has 1 aliphatic carbocycles. The molecule has 0 spiro atoms. The molecule has 6 heteroatoms. The highest BCUT2D eigenvalue weighted by Crippen LogP contribution is 2.27. The Hall–Kier alpha value is -1.14. The molecular formula is C10H14N2O3S. The van der Waals surface area contributed by atoms with Gasteiger partial charge in [-0.1, -0.05) is 6.42 Å². The van der Waals surface area contributed by atoms with E-state index in [1.807, 2.05) is 0 Å². The zero-order valence-electron chi connectivity index (χ0n) is 9.01. The van der Waals surface area contributed by atoms with Crippen molar-refractivity contribution in [3.63, 3.8) is 0 Å². The summed E-state index contributed by atoms with van der Waals surface area (Å²) in [6.45, 7) is 0. The number of hydrogen-bond donors (Lipinski definition) is 1. The van der Waals surface area contributed by atoms with Gasteiger partial charge in [0.15, 0.2) is 0 Å². The Morgan fingerprint density at radius 3 is 2.62 bits per heavy atom. The van der Waals surface area contributed by atoms with Crippen molar-refractivity contribution >= 4 is 10.0 Å². The Morgan fingerprint density at radius 1 is 1.44 bits per heavy atom. The van der Waals surface area contributed by atoms with Gasteiger partial charge < -0.3 is 4.98 Å². The lowest BCUT2D eigenvalue weighted by molar-refractivity contribution is 0.249. The first-order valence-electron chi connectivity index (χ1n) is 5.18. The summed E-state index contributed by atoms with van der Waals surface area (Å²) in [5, 5.41) is 0. The molecule has 2 rings (SSSR count). The minimum absolute atomic E-state index is 0.0459. The summed E-state index contributed by atoms with van der Waals surface area (Å²) in [5.74, 6) is 0. The van der Waals surface area contributed by atoms with E-state index in [2.05, 4.69) is 4.98 Å². The van der Waals surface area contributed by atoms with Crippen molar-refractivity contribution in [1.29, 1.82) is 0 Å². The van der Waals surface area contributed by atoms with Crippen LogP contribution in [-0.2, 0) is 10.0 Å². The first-order valence-corrected chi connectivity index (χ1v) is 6.62. The monoisotopic (exact) mass is 242 g/mol. The normalized spacial score (nSPS) is 17.4. The van der Waals surface area contributed by atoms with E-state index >= 15 is 0 Å². The first-order chi connectivity index (χ1) is 7.53. The van der Waals surface area contributed by atoms with Gasteiger partial charge >= 0.3 is 0 Å². The molecular weight excluding hydrogens is 228 g/mol. The molecule has 1 aromatic heterocycles. The van der Waals surface area contributed by atoms with Gasteiger partial charge in [-0.05, 0) is 12.8 Å². The van der Waals surface area contributed by atoms with E-state index in [0.29, 0.717) is 0 Å². The summed E-state index contributed by atoms with van der Waals surface area (Å²) < 4.78 is 25.5. The number of H-pyrrole nitrogens is 1. The van der Waals surface area contributed by atoms with Gasteiger partial charge in [0, 0.05) is 31.5 Å². The zero-order valence-corrected chi connectivity index (χ0v) is 9.83. The highest BCUT2D eigenvalue weighted by atomic mass is 32.2. The zero-order chi connectivity index (χ0) is 11.8. The third kappa shape index (κ3) is 1.78. The topological polar surface area (TPSA) is 70.2 Å². The molecule has 0 amide bonds. The second-order valence-corrected chi connectivity index (χ2v) is 5.94. The Balaban J connectivity index is 2.39. The van der Waals surface area contributed by atoms with Gasteiger partial charge in [0.2, 0.25) is 15.5 Å². The van der Waals surface area contributed by atoms with Gasteiger partial charge in [-0.3, -0.25) is 4.79 Å². The fourth-order valence-electron chi connectivity index (χ4n) is 1.70. The van der Waals surface area contributed by atoms with Crippen molar-refractivity contribution in [3.05, 3.63) is 28.7 Å². The van der Waals surface area contributed by atoms with Crippen LogP contribution in [0.15, 0.2) is 28.2 Å². The standard InChI is InChI=1S/C10H14N2O3S/c1-12(8-3-2-4-8)16(14,15)10-7-11-6-5-9(10)13/h5-8H,2-4H2,1H3,(H,11,13). The van der Waals surface area contributed by atoms with Crippen LogP contribution in [0.4, 0.5) is 0 Å². The van der Waals surface area contributed by atoms with Crippen LogP contribution in [0.25, 0.3) is 0 Å². The Bertz CT molecular complexity index is 531. The molecule has 0 aliphatic heterocycles. The van der Waals surface area contributed by atoms with E-state index < -0.39 is 15.5 Å². The number of hydrogen-bond acceptors (Lipinski definition) is 3. The average Bonchev–Trinajstić information content (AvgIpc) is 2.15. The Kier molecular flexibility index (Phi) is 2.86. The molecule has 0 radical (unpaired) electrons. The molecule has 0 saturated heterocycles. The van der Waals surface area contributed by atoms with Crippen molar-refractivity contribution in [2.24, 2.45) is 0 Å². The summed E-state index contributed by atoms with van der Waals surface area (Å²) >= 11 is 0. The molecule has 1 aromatic rings. The minimum atomic E-state index is -3.64. The number of aromatic amines is 1. The number of nitrogens with zero attached hydrogens (tertiary/aromatic N) is 1. The third-order valence-corrected chi connectivity index (χ3v) is 4.97. The van der Waals surface area contributed by atoms with E-state index in [4.69, 9.17) is 0 Å². The molecule has 1 N–H and O–H groups in total. The molecule has 88 valence electrons. The highest BCUT2D eigenvalue weighted by Gasteiger charge is 2.32. The maximum atomic E-state index is 12.1. The van der Waals surface area contributed by atoms with Gasteiger partial charge in [-0.2, -0.15) is 4.31 Å². The summed E-state index contributed by atoms with van der Waals surface area (Å²) in [6, 6.07) is 1.27. The fourth-order valence-corrected chi connectivity index (χ4v) is 3.16. The lowest BCUT2D eigenvalue weighted by atomic mass is 9.94. The van der Waals surface area contributed by atoms with Crippen LogP contribution in [0.1, 0.15) is 19.3 Å². The van der Waals surface area contributed by atoms with E-state index in [9.17, 15) is 13.2 Å². The predicted molar refractivity (Wildman–Crippen MR) is 59.7 cm³/mol. The lowest BCUT2D eigenvalue weighted by Crippen LogP contribution is -2.42. The molecule has 16 heavy (non-hydrogen) atoms. The van der Waals surface area contributed by atoms with Gasteiger partial charge in [0.1, 0.15) is 4.90 Å². The molecule has 0 aromatic carbocycles. The van der Waals surface area contributed by atoms with Gasteiger partial charge in [0.05, 0.1) is 0 Å². The maximum absolute atomic E-state index is 12.1. The summed E-state index contributed by atoms with van der Waals surface area (Å²) in [5.41, 5.74) is -0.468. The van der Waals surface area contributed by atoms with E-state index in [0.717, 1.165) is 19.3 Å². The van der Waals surface area contributed by atoms with Crippen molar-refractivity contribution < 1.29 is 8.42 Å². The van der Waals surface area contributed by atoms with E-state index in [1.165, 1.54) is 29.8 Å². The van der Waals surface area contributed by atoms with Crippen LogP contribution < -0.4 is 5.43 Å². The number of nitrogens with one attached hydrogen (secondary N) is 1. The molecule has 5 nitrogen and oxygen atoms in total. The second kappa shape index (κ2) is 4.03. The van der Waals surface area contributed by atoms with Gasteiger partial charge in [-0.25, -0.2) is 8.42 Å². The average molecular weight is 242 g/mol. The van der Waals surface area contributed by atoms with E-state index in [-0.39, 0.29) is 10.9 Å². The van der Waals surface area contributed by atoms with Crippen LogP contribution in [0.3, 0.4) is 0 Å². The smallest absolute Gasteiger partial charge is 0.248 e. The van der Waals surface area contributed by atoms with Crippen LogP contribution in [-0.4, -0.2) is 30.8 Å². The molecule has 1 fully saturated rings. The molecule has 0 atom stereocenters. The van der Waals surface area contributed by atoms with Crippen LogP contribution in [0.2, 0.25) is 0 Å². The second-order valence-electron chi connectivity index (χ2n) is 3.98. The molecule has 1 heterocycles. The quantitative estimate of drug-likeness (QED) is 0.841. The van der Waals surface area contributed by atoms with Crippen molar-refractivity contribution in [2.75, 3.05) is 7.05 Å². The Morgan fingerprint density at radius 2 is 2.12 bits per heavy atom. The summed E-state index contributed by atoms with van der Waals surface area (Å²) in [7, 11) is -2.11. The van der Waals surface area contributed by atoms with E-state index in [1.54, 1.807) is 0 Å².